The van der Waals surface area contributed by atoms with E-state index >= 15 is 0 Å². The molecule has 3 rings (SSSR count). The highest BCUT2D eigenvalue weighted by Crippen LogP contribution is 2.26. The van der Waals surface area contributed by atoms with Gasteiger partial charge in [0.2, 0.25) is 0 Å². The van der Waals surface area contributed by atoms with Crippen LogP contribution in [0.25, 0.3) is 0 Å². The van der Waals surface area contributed by atoms with Crippen molar-refractivity contribution in [3.8, 4) is 0 Å². The maximum Gasteiger partial charge on any atom is 0.252 e. The monoisotopic (exact) mass is 361 g/mol. The molecule has 1 saturated heterocycles. The molecule has 0 spiro atoms. The number of nitrogens with zero attached hydrogens (tertiary/aromatic N) is 2. The predicted octanol–water partition coefficient (Wildman–Crippen LogP) is 3.65. The van der Waals surface area contributed by atoms with Gasteiger partial charge in [0, 0.05) is 29.1 Å². The third-order valence-electron chi connectivity index (χ3n) is 4.15. The van der Waals surface area contributed by atoms with E-state index in [-0.39, 0.29) is 5.91 Å². The molecule has 1 aliphatic rings. The van der Waals surface area contributed by atoms with Crippen molar-refractivity contribution >= 4 is 29.0 Å². The van der Waals surface area contributed by atoms with E-state index < -0.39 is 0 Å². The summed E-state index contributed by atoms with van der Waals surface area (Å²) in [6.07, 6.45) is 3.90. The molecule has 0 aliphatic carbocycles. The molecule has 0 atom stereocenters. The number of rotatable bonds is 7. The summed E-state index contributed by atoms with van der Waals surface area (Å²) in [5, 5.41) is 5.12. The predicted molar refractivity (Wildman–Crippen MR) is 101 cm³/mol. The minimum absolute atomic E-state index is 0.0217. The summed E-state index contributed by atoms with van der Waals surface area (Å²) in [4.78, 5) is 20.3. The first-order chi connectivity index (χ1) is 11.8. The van der Waals surface area contributed by atoms with E-state index in [0.717, 1.165) is 41.5 Å². The number of hydrogen-bond acceptors (Lipinski definition) is 5. The highest BCUT2D eigenvalue weighted by atomic mass is 32.2. The molecule has 4 nitrogen and oxygen atoms in total. The Hall–Kier alpha value is -1.37. The second-order valence-corrected chi connectivity index (χ2v) is 7.66. The van der Waals surface area contributed by atoms with Gasteiger partial charge in [-0.25, -0.2) is 4.98 Å². The summed E-state index contributed by atoms with van der Waals surface area (Å²) in [6.45, 7) is 3.98. The van der Waals surface area contributed by atoms with Crippen LogP contribution in [0.1, 0.15) is 35.3 Å². The van der Waals surface area contributed by atoms with Crippen LogP contribution in [0, 0.1) is 0 Å². The van der Waals surface area contributed by atoms with E-state index in [1.807, 2.05) is 35.2 Å². The molecule has 0 saturated carbocycles. The van der Waals surface area contributed by atoms with E-state index in [2.05, 4.69) is 15.2 Å². The zero-order chi connectivity index (χ0) is 16.6. The Morgan fingerprint density at radius 3 is 2.88 bits per heavy atom. The van der Waals surface area contributed by atoms with Gasteiger partial charge in [-0.3, -0.25) is 4.79 Å². The van der Waals surface area contributed by atoms with Gasteiger partial charge >= 0.3 is 0 Å². The number of thioether (sulfide) groups is 1. The minimum atomic E-state index is 0.0217. The number of benzene rings is 1. The first-order valence-electron chi connectivity index (χ1n) is 8.42. The lowest BCUT2D eigenvalue weighted by atomic mass is 10.1. The summed E-state index contributed by atoms with van der Waals surface area (Å²) in [5.41, 5.74) is 3.66. The smallest absolute Gasteiger partial charge is 0.252 e. The van der Waals surface area contributed by atoms with Crippen LogP contribution in [0.5, 0.6) is 0 Å². The largest absolute Gasteiger partial charge is 0.351 e. The molecule has 128 valence electrons. The van der Waals surface area contributed by atoms with Crippen LogP contribution in [-0.2, 0) is 5.75 Å². The van der Waals surface area contributed by atoms with Crippen LogP contribution >= 0.6 is 23.1 Å². The van der Waals surface area contributed by atoms with Crippen molar-refractivity contribution in [3.63, 3.8) is 0 Å². The highest BCUT2D eigenvalue weighted by molar-refractivity contribution is 7.98. The number of hydrogen-bond donors (Lipinski definition) is 1. The lowest BCUT2D eigenvalue weighted by Gasteiger charge is -2.26. The average molecular weight is 362 g/mol. The van der Waals surface area contributed by atoms with Gasteiger partial charge in [0.15, 0.2) is 0 Å². The first kappa shape index (κ1) is 17.5. The quantitative estimate of drug-likeness (QED) is 0.765. The van der Waals surface area contributed by atoms with Crippen LogP contribution in [0.15, 0.2) is 40.1 Å². The Labute approximate surface area is 151 Å². The van der Waals surface area contributed by atoms with Crippen molar-refractivity contribution in [2.75, 3.05) is 26.2 Å². The molecule has 2 aromatic rings. The average Bonchev–Trinajstić information content (AvgIpc) is 3.14. The number of likely N-dealkylation sites (tertiary alicyclic amines) is 1. The van der Waals surface area contributed by atoms with Crippen LogP contribution in [-0.4, -0.2) is 42.0 Å². The van der Waals surface area contributed by atoms with Gasteiger partial charge in [-0.1, -0.05) is 18.6 Å². The maximum absolute atomic E-state index is 12.5. The number of thiazole rings is 1. The molecule has 0 unspecified atom stereocenters. The van der Waals surface area contributed by atoms with Crippen LogP contribution in [0.4, 0.5) is 0 Å². The molecule has 1 fully saturated rings. The van der Waals surface area contributed by atoms with Crippen molar-refractivity contribution < 1.29 is 4.79 Å². The second-order valence-electron chi connectivity index (χ2n) is 5.92. The summed E-state index contributed by atoms with van der Waals surface area (Å²) >= 11 is 3.27. The van der Waals surface area contributed by atoms with E-state index in [1.165, 1.54) is 19.3 Å². The number of carbonyl (C=O) groups excluding carboxylic acids is 1. The molecule has 1 aromatic heterocycles. The molecule has 1 N–H and O–H groups in total. The molecular formula is C18H23N3OS2. The standard InChI is InChI=1S/C18H23N3OS2/c22-18(19-8-11-21-9-4-1-5-10-21)16-6-2-3-7-17(16)24-13-15-12-23-14-20-15/h2-3,6-7,12,14H,1,4-5,8-11,13H2,(H,19,22). The molecule has 1 amide bonds. The zero-order valence-corrected chi connectivity index (χ0v) is 15.4. The van der Waals surface area contributed by atoms with Crippen LogP contribution in [0.2, 0.25) is 0 Å². The lowest BCUT2D eigenvalue weighted by molar-refractivity contribution is 0.0943. The van der Waals surface area contributed by atoms with Gasteiger partial charge in [-0.15, -0.1) is 23.1 Å². The summed E-state index contributed by atoms with van der Waals surface area (Å²) in [7, 11) is 0. The van der Waals surface area contributed by atoms with E-state index in [4.69, 9.17) is 0 Å². The number of amides is 1. The van der Waals surface area contributed by atoms with E-state index in [1.54, 1.807) is 23.1 Å². The lowest BCUT2D eigenvalue weighted by Crippen LogP contribution is -2.37. The van der Waals surface area contributed by atoms with Gasteiger partial charge in [-0.05, 0) is 38.1 Å². The summed E-state index contributed by atoms with van der Waals surface area (Å²) < 4.78 is 0. The highest BCUT2D eigenvalue weighted by Gasteiger charge is 2.13. The number of piperidine rings is 1. The normalized spacial score (nSPS) is 15.3. The topological polar surface area (TPSA) is 45.2 Å². The van der Waals surface area contributed by atoms with E-state index in [0.29, 0.717) is 6.54 Å². The van der Waals surface area contributed by atoms with Crippen LogP contribution in [0.3, 0.4) is 0 Å². The zero-order valence-electron chi connectivity index (χ0n) is 13.7. The second kappa shape index (κ2) is 9.20. The van der Waals surface area contributed by atoms with Crippen molar-refractivity contribution in [2.45, 2.75) is 29.9 Å². The molecule has 1 aromatic carbocycles. The summed E-state index contributed by atoms with van der Waals surface area (Å²) in [6, 6.07) is 7.82. The fraction of sp³-hybridized carbons (Fsp3) is 0.444. The Morgan fingerprint density at radius 2 is 2.08 bits per heavy atom. The molecule has 1 aliphatic heterocycles. The van der Waals surface area contributed by atoms with Gasteiger partial charge < -0.3 is 10.2 Å². The summed E-state index contributed by atoms with van der Waals surface area (Å²) in [5.74, 6) is 0.815. The Balaban J connectivity index is 1.51. The fourth-order valence-electron chi connectivity index (χ4n) is 2.85. The SMILES string of the molecule is O=C(NCCN1CCCCC1)c1ccccc1SCc1cscn1. The van der Waals surface area contributed by atoms with Crippen molar-refractivity contribution in [1.82, 2.24) is 15.2 Å². The molecule has 6 heteroatoms. The fourth-order valence-corrected chi connectivity index (χ4v) is 4.46. The van der Waals surface area contributed by atoms with Crippen molar-refractivity contribution in [1.29, 1.82) is 0 Å². The van der Waals surface area contributed by atoms with E-state index in [9.17, 15) is 4.79 Å². The Kier molecular flexibility index (Phi) is 6.69. The minimum Gasteiger partial charge on any atom is -0.351 e. The molecular weight excluding hydrogens is 338 g/mol. The van der Waals surface area contributed by atoms with Crippen molar-refractivity contribution in [2.24, 2.45) is 0 Å². The molecule has 2 heterocycles. The first-order valence-corrected chi connectivity index (χ1v) is 10.4. The number of aromatic nitrogens is 1. The maximum atomic E-state index is 12.5. The molecule has 0 bridgehead atoms. The van der Waals surface area contributed by atoms with Crippen molar-refractivity contribution in [3.05, 3.63) is 46.4 Å². The van der Waals surface area contributed by atoms with Gasteiger partial charge in [0.25, 0.3) is 5.91 Å². The number of nitrogens with one attached hydrogen (secondary N) is 1. The molecule has 24 heavy (non-hydrogen) atoms. The van der Waals surface area contributed by atoms with Gasteiger partial charge in [-0.2, -0.15) is 0 Å². The van der Waals surface area contributed by atoms with Gasteiger partial charge in [0.05, 0.1) is 16.8 Å². The molecule has 0 radical (unpaired) electrons. The Morgan fingerprint density at radius 1 is 1.25 bits per heavy atom. The third kappa shape index (κ3) is 5.06. The third-order valence-corrected chi connectivity index (χ3v) is 5.90. The Bertz CT molecular complexity index is 639. The number of carbonyl (C=O) groups is 1. The van der Waals surface area contributed by atoms with Crippen LogP contribution < -0.4 is 5.32 Å². The van der Waals surface area contributed by atoms with Gasteiger partial charge in [0.1, 0.15) is 0 Å².